The molecule has 0 atom stereocenters. The van der Waals surface area contributed by atoms with Gasteiger partial charge in [0.25, 0.3) is 0 Å². The van der Waals surface area contributed by atoms with E-state index in [9.17, 15) is 18.0 Å². The Labute approximate surface area is 211 Å². The van der Waals surface area contributed by atoms with Crippen molar-refractivity contribution in [1.29, 1.82) is 0 Å². The SMILES string of the molecule is COC(=NC(=O)Nc1cc(Cl)c(Oc2ncc(C(F)(F)F)cc2Cl)c(Cl)c1)c1ccccc1Cl. The van der Waals surface area contributed by atoms with E-state index >= 15 is 0 Å². The fraction of sp³-hybridized carbons (Fsp3) is 0.0952. The Balaban J connectivity index is 1.81. The number of halogens is 7. The average molecular weight is 553 g/mol. The number of aromatic nitrogens is 1. The van der Waals surface area contributed by atoms with Gasteiger partial charge in [-0.3, -0.25) is 0 Å². The molecule has 0 aliphatic heterocycles. The molecule has 2 aromatic carbocycles. The molecule has 0 saturated carbocycles. The molecule has 13 heteroatoms. The summed E-state index contributed by atoms with van der Waals surface area (Å²) in [5.41, 5.74) is -0.493. The van der Waals surface area contributed by atoms with Gasteiger partial charge in [-0.05, 0) is 30.3 Å². The Morgan fingerprint density at radius 1 is 1.00 bits per heavy atom. The van der Waals surface area contributed by atoms with Crippen molar-refractivity contribution in [3.05, 3.63) is 79.9 Å². The highest BCUT2D eigenvalue weighted by Gasteiger charge is 2.32. The number of rotatable bonds is 4. The van der Waals surface area contributed by atoms with E-state index in [-0.39, 0.29) is 33.3 Å². The highest BCUT2D eigenvalue weighted by Crippen LogP contribution is 2.41. The molecule has 2 amide bonds. The number of nitrogens with one attached hydrogen (secondary N) is 1. The number of alkyl halides is 3. The van der Waals surface area contributed by atoms with Crippen LogP contribution >= 0.6 is 46.4 Å². The lowest BCUT2D eigenvalue weighted by atomic mass is 10.2. The number of ether oxygens (including phenoxy) is 2. The van der Waals surface area contributed by atoms with Crippen molar-refractivity contribution >= 4 is 64.0 Å². The normalized spacial score (nSPS) is 11.8. The predicted octanol–water partition coefficient (Wildman–Crippen LogP) is 8.13. The molecule has 0 bridgehead atoms. The number of hydrogen-bond donors (Lipinski definition) is 1. The second-order valence-corrected chi connectivity index (χ2v) is 8.04. The third-order valence-corrected chi connectivity index (χ3v) is 5.25. The molecule has 0 spiro atoms. The highest BCUT2D eigenvalue weighted by molar-refractivity contribution is 6.38. The quantitative estimate of drug-likeness (QED) is 0.262. The van der Waals surface area contributed by atoms with Crippen LogP contribution in [0.4, 0.5) is 23.7 Å². The smallest absolute Gasteiger partial charge is 0.417 e. The Hall–Kier alpha value is -2.72. The van der Waals surface area contributed by atoms with Gasteiger partial charge in [0, 0.05) is 11.9 Å². The Morgan fingerprint density at radius 2 is 1.65 bits per heavy atom. The van der Waals surface area contributed by atoms with Gasteiger partial charge >= 0.3 is 12.2 Å². The van der Waals surface area contributed by atoms with Crippen molar-refractivity contribution in [1.82, 2.24) is 4.98 Å². The monoisotopic (exact) mass is 551 g/mol. The second-order valence-electron chi connectivity index (χ2n) is 6.41. The zero-order chi connectivity index (χ0) is 25.0. The van der Waals surface area contributed by atoms with E-state index < -0.39 is 22.8 Å². The van der Waals surface area contributed by atoms with E-state index in [4.69, 9.17) is 55.9 Å². The molecule has 178 valence electrons. The van der Waals surface area contributed by atoms with Gasteiger partial charge < -0.3 is 14.8 Å². The summed E-state index contributed by atoms with van der Waals surface area (Å²) in [6, 6.07) is 9.06. The summed E-state index contributed by atoms with van der Waals surface area (Å²) in [6.07, 6.45) is -4.07. The van der Waals surface area contributed by atoms with Crippen LogP contribution in [-0.2, 0) is 10.9 Å². The number of aliphatic imine (C=N–C) groups is 1. The minimum absolute atomic E-state index is 0.0248. The molecule has 0 fully saturated rings. The van der Waals surface area contributed by atoms with Gasteiger partial charge in [-0.15, -0.1) is 0 Å². The Morgan fingerprint density at radius 3 is 2.21 bits per heavy atom. The van der Waals surface area contributed by atoms with Crippen molar-refractivity contribution in [2.75, 3.05) is 12.4 Å². The molecular weight excluding hydrogens is 541 g/mol. The molecule has 0 saturated heterocycles. The van der Waals surface area contributed by atoms with Gasteiger partial charge in [0.2, 0.25) is 11.8 Å². The van der Waals surface area contributed by atoms with Crippen molar-refractivity contribution in [2.24, 2.45) is 4.99 Å². The number of benzene rings is 2. The largest absolute Gasteiger partial charge is 0.480 e. The lowest BCUT2D eigenvalue weighted by Crippen LogP contribution is -2.13. The first-order chi connectivity index (χ1) is 16.0. The number of anilines is 1. The van der Waals surface area contributed by atoms with Crippen LogP contribution in [0.1, 0.15) is 11.1 Å². The number of methoxy groups -OCH3 is 1. The standard InChI is InChI=1S/C21H12Cl4F3N3O3/c1-33-18(12-4-2-3-5-13(12)22)31-20(32)30-11-7-14(23)17(15(24)8-11)34-19-16(25)6-10(9-29-19)21(26,27)28/h2-9H,1H3,(H,30,32). The van der Waals surface area contributed by atoms with Crippen molar-refractivity contribution in [3.8, 4) is 11.6 Å². The van der Waals surface area contributed by atoms with Crippen LogP contribution in [0.25, 0.3) is 0 Å². The minimum Gasteiger partial charge on any atom is -0.480 e. The first-order valence-electron chi connectivity index (χ1n) is 9.07. The highest BCUT2D eigenvalue weighted by atomic mass is 35.5. The van der Waals surface area contributed by atoms with Gasteiger partial charge in [0.1, 0.15) is 5.02 Å². The Bertz CT molecular complexity index is 1250. The fourth-order valence-corrected chi connectivity index (χ4v) is 3.56. The van der Waals surface area contributed by atoms with Crippen LogP contribution in [0.2, 0.25) is 20.1 Å². The third kappa shape index (κ3) is 6.24. The molecule has 1 aromatic heterocycles. The van der Waals surface area contributed by atoms with Crippen molar-refractivity contribution in [3.63, 3.8) is 0 Å². The summed E-state index contributed by atoms with van der Waals surface area (Å²) < 4.78 is 48.9. The molecule has 34 heavy (non-hydrogen) atoms. The first-order valence-corrected chi connectivity index (χ1v) is 10.6. The third-order valence-electron chi connectivity index (χ3n) is 4.08. The van der Waals surface area contributed by atoms with Crippen molar-refractivity contribution in [2.45, 2.75) is 6.18 Å². The summed E-state index contributed by atoms with van der Waals surface area (Å²) in [4.78, 5) is 19.8. The first kappa shape index (κ1) is 25.9. The van der Waals surface area contributed by atoms with Crippen molar-refractivity contribution < 1.29 is 27.4 Å². The Kier molecular flexibility index (Phi) is 8.14. The summed E-state index contributed by atoms with van der Waals surface area (Å²) >= 11 is 24.3. The molecule has 0 aliphatic rings. The fourth-order valence-electron chi connectivity index (χ4n) is 2.58. The number of nitrogens with zero attached hydrogens (tertiary/aromatic N) is 2. The van der Waals surface area contributed by atoms with Crippen LogP contribution in [0.5, 0.6) is 11.6 Å². The molecular formula is C21H12Cl4F3N3O3. The molecule has 1 heterocycles. The van der Waals surface area contributed by atoms with Crippen LogP contribution in [0.3, 0.4) is 0 Å². The number of amides is 2. The number of urea groups is 1. The van der Waals surface area contributed by atoms with Gasteiger partial charge in [-0.25, -0.2) is 9.78 Å². The number of hydrogen-bond acceptors (Lipinski definition) is 4. The van der Waals surface area contributed by atoms with Crippen LogP contribution in [-0.4, -0.2) is 24.0 Å². The number of pyridine rings is 1. The minimum atomic E-state index is -4.62. The van der Waals surface area contributed by atoms with Gasteiger partial charge in [0.15, 0.2) is 5.75 Å². The maximum atomic E-state index is 12.8. The molecule has 0 unspecified atom stereocenters. The van der Waals surface area contributed by atoms with Gasteiger partial charge in [0.05, 0.1) is 33.3 Å². The molecule has 6 nitrogen and oxygen atoms in total. The second kappa shape index (κ2) is 10.7. The molecule has 3 rings (SSSR count). The average Bonchev–Trinajstić information content (AvgIpc) is 2.75. The van der Waals surface area contributed by atoms with Crippen LogP contribution < -0.4 is 10.1 Å². The zero-order valence-electron chi connectivity index (χ0n) is 16.9. The van der Waals surface area contributed by atoms with E-state index in [1.165, 1.54) is 19.2 Å². The summed E-state index contributed by atoms with van der Waals surface area (Å²) in [5, 5.41) is 2.23. The van der Waals surface area contributed by atoms with E-state index in [0.717, 1.165) is 0 Å². The number of carbonyl (C=O) groups excluding carboxylic acids is 1. The predicted molar refractivity (Wildman–Crippen MR) is 125 cm³/mol. The lowest BCUT2D eigenvalue weighted by Gasteiger charge is -2.13. The maximum absolute atomic E-state index is 12.8. The summed E-state index contributed by atoms with van der Waals surface area (Å²) in [5.74, 6) is -0.500. The van der Waals surface area contributed by atoms with E-state index in [2.05, 4.69) is 15.3 Å². The van der Waals surface area contributed by atoms with E-state index in [1.807, 2.05) is 0 Å². The van der Waals surface area contributed by atoms with Gasteiger partial charge in [-0.1, -0.05) is 58.5 Å². The lowest BCUT2D eigenvalue weighted by molar-refractivity contribution is -0.137. The molecule has 3 aromatic rings. The summed E-state index contributed by atoms with van der Waals surface area (Å²) in [7, 11) is 1.33. The van der Waals surface area contributed by atoms with Gasteiger partial charge in [-0.2, -0.15) is 18.2 Å². The van der Waals surface area contributed by atoms with Crippen LogP contribution in [0.15, 0.2) is 53.7 Å². The molecule has 0 aliphatic carbocycles. The topological polar surface area (TPSA) is 72.8 Å². The van der Waals surface area contributed by atoms with Crippen LogP contribution in [0, 0.1) is 0 Å². The maximum Gasteiger partial charge on any atom is 0.417 e. The zero-order valence-corrected chi connectivity index (χ0v) is 19.9. The van der Waals surface area contributed by atoms with E-state index in [0.29, 0.717) is 22.8 Å². The summed E-state index contributed by atoms with van der Waals surface area (Å²) in [6.45, 7) is 0. The number of carbonyl (C=O) groups is 1. The molecule has 0 radical (unpaired) electrons. The van der Waals surface area contributed by atoms with E-state index in [1.54, 1.807) is 24.3 Å². The molecule has 1 N–H and O–H groups in total.